The first-order valence-electron chi connectivity index (χ1n) is 3.65. The predicted molar refractivity (Wildman–Crippen MR) is 32.6 cm³/mol. The van der Waals surface area contributed by atoms with Crippen molar-refractivity contribution in [2.75, 3.05) is 0 Å². The van der Waals surface area contributed by atoms with Crippen molar-refractivity contribution in [3.05, 3.63) is 0 Å². The van der Waals surface area contributed by atoms with Gasteiger partial charge in [0.15, 0.2) is 0 Å². The summed E-state index contributed by atoms with van der Waals surface area (Å²) in [6, 6.07) is 0. The molecule has 0 amide bonds. The molecule has 0 saturated carbocycles. The highest BCUT2D eigenvalue weighted by molar-refractivity contribution is 4.86. The summed E-state index contributed by atoms with van der Waals surface area (Å²) in [7, 11) is 0. The summed E-state index contributed by atoms with van der Waals surface area (Å²) in [6.45, 7) is -0.405. The highest BCUT2D eigenvalue weighted by Gasteiger charge is 2.76. The lowest BCUT2D eigenvalue weighted by molar-refractivity contribution is -0.461. The van der Waals surface area contributed by atoms with Crippen molar-refractivity contribution in [3.8, 4) is 0 Å². The molecule has 0 saturated heterocycles. The Morgan fingerprint density at radius 1 is 0.824 bits per heavy atom. The van der Waals surface area contributed by atoms with Gasteiger partial charge in [-0.2, -0.15) is 30.7 Å². The van der Waals surface area contributed by atoms with Gasteiger partial charge in [-0.15, -0.1) is 0 Å². The largest absolute Gasteiger partial charge is 0.462 e. The lowest BCUT2D eigenvalue weighted by atomic mass is 10.3. The second-order valence-corrected chi connectivity index (χ2v) is 2.98. The molecule has 0 aromatic carbocycles. The van der Waals surface area contributed by atoms with Crippen LogP contribution in [0.5, 0.6) is 0 Å². The second-order valence-electron chi connectivity index (χ2n) is 2.98. The minimum atomic E-state index is -6.80. The molecule has 1 unspecified atom stereocenters. The highest BCUT2D eigenvalue weighted by Crippen LogP contribution is 2.49. The molecular formula is C6H4F10O. The molecule has 0 spiro atoms. The molecule has 0 radical (unpaired) electrons. The van der Waals surface area contributed by atoms with Gasteiger partial charge in [0.2, 0.25) is 0 Å². The number of alkyl halides is 10. The molecule has 0 aliphatic carbocycles. The number of hydrogen-bond donors (Lipinski definition) is 0. The Hall–Kier alpha value is -0.740. The number of hydrogen-bond acceptors (Lipinski definition) is 1. The van der Waals surface area contributed by atoms with Gasteiger partial charge in [-0.1, -0.05) is 0 Å². The fourth-order valence-electron chi connectivity index (χ4n) is 0.524. The van der Waals surface area contributed by atoms with Gasteiger partial charge in [0.25, 0.3) is 12.3 Å². The zero-order chi connectivity index (χ0) is 14.3. The Bertz CT molecular complexity index is 266. The molecule has 1 nitrogen and oxygen atoms in total. The standard InChI is InChI=1S/C6H4F10O/c1-3(9,2(7)8)17-6(15,16)4(10,11)5(12,13)14/h2H,1H3. The van der Waals surface area contributed by atoms with Crippen molar-refractivity contribution in [1.29, 1.82) is 0 Å². The van der Waals surface area contributed by atoms with E-state index in [2.05, 4.69) is 4.74 Å². The van der Waals surface area contributed by atoms with E-state index in [0.29, 0.717) is 0 Å². The topological polar surface area (TPSA) is 9.23 Å². The normalized spacial score (nSPS) is 18.4. The third kappa shape index (κ3) is 3.13. The zero-order valence-electron chi connectivity index (χ0n) is 7.77. The van der Waals surface area contributed by atoms with Gasteiger partial charge in [-0.05, 0) is 0 Å². The molecule has 104 valence electrons. The maximum atomic E-state index is 12.5. The molecule has 0 aromatic rings. The smallest absolute Gasteiger partial charge is 0.272 e. The summed E-state index contributed by atoms with van der Waals surface area (Å²) in [5.41, 5.74) is 0. The SMILES string of the molecule is CC(F)(OC(F)(F)C(F)(F)C(F)(F)F)C(F)F. The third-order valence-corrected chi connectivity index (χ3v) is 1.44. The van der Waals surface area contributed by atoms with Gasteiger partial charge in [0.05, 0.1) is 0 Å². The van der Waals surface area contributed by atoms with Crippen LogP contribution in [0.4, 0.5) is 43.9 Å². The van der Waals surface area contributed by atoms with E-state index < -0.39 is 37.4 Å². The lowest BCUT2D eigenvalue weighted by Gasteiger charge is -2.31. The second kappa shape index (κ2) is 4.18. The molecule has 11 heteroatoms. The fraction of sp³-hybridized carbons (Fsp3) is 1.00. The van der Waals surface area contributed by atoms with E-state index in [1.807, 2.05) is 0 Å². The minimum Gasteiger partial charge on any atom is -0.272 e. The van der Waals surface area contributed by atoms with Crippen LogP contribution >= 0.6 is 0 Å². The Kier molecular flexibility index (Phi) is 3.99. The maximum absolute atomic E-state index is 12.5. The first-order valence-corrected chi connectivity index (χ1v) is 3.65. The molecule has 0 aliphatic heterocycles. The monoisotopic (exact) mass is 282 g/mol. The van der Waals surface area contributed by atoms with Crippen LogP contribution in [0.1, 0.15) is 6.92 Å². The summed E-state index contributed by atoms with van der Waals surface area (Å²) in [4.78, 5) is 0. The van der Waals surface area contributed by atoms with E-state index >= 15 is 0 Å². The van der Waals surface area contributed by atoms with Gasteiger partial charge in [0.1, 0.15) is 0 Å². The minimum absolute atomic E-state index is 0.405. The first kappa shape index (κ1) is 16.3. The van der Waals surface area contributed by atoms with E-state index in [1.165, 1.54) is 0 Å². The van der Waals surface area contributed by atoms with Gasteiger partial charge >= 0.3 is 18.2 Å². The van der Waals surface area contributed by atoms with Gasteiger partial charge in [-0.25, -0.2) is 13.2 Å². The van der Waals surface area contributed by atoms with Crippen molar-refractivity contribution in [3.63, 3.8) is 0 Å². The lowest BCUT2D eigenvalue weighted by Crippen LogP contribution is -2.56. The van der Waals surface area contributed by atoms with Crippen LogP contribution in [0, 0.1) is 0 Å². The zero-order valence-corrected chi connectivity index (χ0v) is 7.77. The Balaban J connectivity index is 5.17. The van der Waals surface area contributed by atoms with Gasteiger partial charge in [-0.3, -0.25) is 4.74 Å². The molecule has 0 bridgehead atoms. The van der Waals surface area contributed by atoms with E-state index in [1.54, 1.807) is 0 Å². The number of rotatable bonds is 4. The molecule has 0 aromatic heterocycles. The molecule has 0 fully saturated rings. The summed E-state index contributed by atoms with van der Waals surface area (Å²) >= 11 is 0. The van der Waals surface area contributed by atoms with Crippen molar-refractivity contribution < 1.29 is 48.6 Å². The number of halogens is 10. The maximum Gasteiger partial charge on any atom is 0.462 e. The van der Waals surface area contributed by atoms with Crippen LogP contribution in [-0.2, 0) is 4.74 Å². The molecule has 0 N–H and O–H groups in total. The van der Waals surface area contributed by atoms with Crippen LogP contribution in [0.2, 0.25) is 0 Å². The summed E-state index contributed by atoms with van der Waals surface area (Å²) in [5, 5.41) is 0. The van der Waals surface area contributed by atoms with Crippen molar-refractivity contribution in [2.45, 2.75) is 37.4 Å². The summed E-state index contributed by atoms with van der Waals surface area (Å²) < 4.78 is 121. The first-order chi connectivity index (χ1) is 7.15. The van der Waals surface area contributed by atoms with E-state index in [-0.39, 0.29) is 0 Å². The van der Waals surface area contributed by atoms with Gasteiger partial charge < -0.3 is 0 Å². The van der Waals surface area contributed by atoms with Gasteiger partial charge in [0, 0.05) is 6.92 Å². The van der Waals surface area contributed by atoms with Crippen LogP contribution in [0.15, 0.2) is 0 Å². The predicted octanol–water partition coefficient (Wildman–Crippen LogP) is 3.74. The van der Waals surface area contributed by atoms with E-state index in [4.69, 9.17) is 0 Å². The van der Waals surface area contributed by atoms with Crippen molar-refractivity contribution >= 4 is 0 Å². The molecular weight excluding hydrogens is 278 g/mol. The van der Waals surface area contributed by atoms with Crippen LogP contribution in [0.25, 0.3) is 0 Å². The van der Waals surface area contributed by atoms with E-state index in [9.17, 15) is 43.9 Å². The van der Waals surface area contributed by atoms with Crippen LogP contribution in [0.3, 0.4) is 0 Å². The van der Waals surface area contributed by atoms with E-state index in [0.717, 1.165) is 0 Å². The van der Waals surface area contributed by atoms with Crippen molar-refractivity contribution in [1.82, 2.24) is 0 Å². The average Bonchev–Trinajstić information content (AvgIpc) is 1.98. The van der Waals surface area contributed by atoms with Crippen LogP contribution in [-0.4, -0.2) is 30.5 Å². The Labute approximate surface area is 87.3 Å². The molecule has 0 aliphatic rings. The Morgan fingerprint density at radius 3 is 1.41 bits per heavy atom. The molecule has 0 rings (SSSR count). The molecule has 0 heterocycles. The third-order valence-electron chi connectivity index (χ3n) is 1.44. The average molecular weight is 282 g/mol. The molecule has 1 atom stereocenters. The van der Waals surface area contributed by atoms with Crippen molar-refractivity contribution in [2.24, 2.45) is 0 Å². The highest BCUT2D eigenvalue weighted by atomic mass is 19.4. The van der Waals surface area contributed by atoms with Crippen LogP contribution < -0.4 is 0 Å². The number of ether oxygens (including phenoxy) is 1. The Morgan fingerprint density at radius 2 is 1.18 bits per heavy atom. The molecule has 17 heavy (non-hydrogen) atoms. The summed E-state index contributed by atoms with van der Waals surface area (Å²) in [6.07, 6.45) is -17.6. The summed E-state index contributed by atoms with van der Waals surface area (Å²) in [5.74, 6) is -11.5. The fourth-order valence-corrected chi connectivity index (χ4v) is 0.524. The quantitative estimate of drug-likeness (QED) is 0.714.